The topological polar surface area (TPSA) is 70.7 Å². The Labute approximate surface area is 215 Å². The number of likely N-dealkylation sites (tertiary alicyclic amines) is 1. The molecular weight excluding hydrogens is 483 g/mol. The van der Waals surface area contributed by atoms with E-state index in [2.05, 4.69) is 15.5 Å². The molecule has 0 aromatic heterocycles. The van der Waals surface area contributed by atoms with Crippen LogP contribution >= 0.6 is 0 Å². The number of halogens is 3. The van der Waals surface area contributed by atoms with Crippen LogP contribution in [-0.4, -0.2) is 61.2 Å². The monoisotopic (exact) mass is 517 g/mol. The smallest absolute Gasteiger partial charge is 0.261 e. The lowest BCUT2D eigenvalue weighted by Gasteiger charge is -2.34. The zero-order chi connectivity index (χ0) is 26.6. The Morgan fingerprint density at radius 1 is 1.08 bits per heavy atom. The third-order valence-corrected chi connectivity index (χ3v) is 6.88. The van der Waals surface area contributed by atoms with Gasteiger partial charge in [0.05, 0.1) is 18.2 Å². The molecule has 2 N–H and O–H groups in total. The molecule has 0 spiro atoms. The summed E-state index contributed by atoms with van der Waals surface area (Å²) in [6.45, 7) is 6.22. The second kappa shape index (κ2) is 11.6. The minimum absolute atomic E-state index is 0.0329. The van der Waals surface area contributed by atoms with Gasteiger partial charge in [-0.2, -0.15) is 0 Å². The molecule has 2 saturated heterocycles. The first-order valence-electron chi connectivity index (χ1n) is 12.8. The summed E-state index contributed by atoms with van der Waals surface area (Å²) in [5.41, 5.74) is -1.53. The van der Waals surface area contributed by atoms with E-state index in [-0.39, 0.29) is 22.6 Å². The highest BCUT2D eigenvalue weighted by Gasteiger charge is 2.28. The molecule has 9 heteroatoms. The fraction of sp³-hybridized carbons (Fsp3) is 0.500. The van der Waals surface area contributed by atoms with Crippen molar-refractivity contribution < 1.29 is 27.5 Å². The molecule has 2 heterocycles. The molecular formula is C28H34F3N3O3. The Morgan fingerprint density at radius 2 is 1.84 bits per heavy atom. The number of hydrogen-bond donors (Lipinski definition) is 2. The van der Waals surface area contributed by atoms with Crippen LogP contribution in [-0.2, 0) is 4.79 Å². The maximum absolute atomic E-state index is 15.1. The van der Waals surface area contributed by atoms with Crippen molar-refractivity contribution in [2.75, 3.05) is 32.8 Å². The minimum Gasteiger partial charge on any atom is -0.493 e. The van der Waals surface area contributed by atoms with Gasteiger partial charge in [-0.3, -0.25) is 14.9 Å². The van der Waals surface area contributed by atoms with E-state index in [0.717, 1.165) is 38.4 Å². The lowest BCUT2D eigenvalue weighted by atomic mass is 9.96. The van der Waals surface area contributed by atoms with Crippen molar-refractivity contribution >= 4 is 11.8 Å². The fourth-order valence-electron chi connectivity index (χ4n) is 5.01. The molecule has 2 aromatic rings. The van der Waals surface area contributed by atoms with Gasteiger partial charge in [-0.1, -0.05) is 12.1 Å². The van der Waals surface area contributed by atoms with E-state index in [1.165, 1.54) is 24.3 Å². The van der Waals surface area contributed by atoms with E-state index < -0.39 is 35.2 Å². The lowest BCUT2D eigenvalue weighted by molar-refractivity contribution is -0.121. The number of ether oxygens (including phenoxy) is 1. The molecule has 0 aliphatic carbocycles. The van der Waals surface area contributed by atoms with Gasteiger partial charge in [-0.15, -0.1) is 0 Å². The second-order valence-corrected chi connectivity index (χ2v) is 10.5. The number of piperidine rings is 1. The number of benzene rings is 2. The summed E-state index contributed by atoms with van der Waals surface area (Å²) in [6.07, 6.45) is 3.14. The minimum atomic E-state index is -1.23. The molecule has 0 saturated carbocycles. The number of rotatable bonds is 8. The first-order chi connectivity index (χ1) is 17.6. The predicted molar refractivity (Wildman–Crippen MR) is 135 cm³/mol. The Morgan fingerprint density at radius 3 is 2.49 bits per heavy atom. The third-order valence-electron chi connectivity index (χ3n) is 6.88. The van der Waals surface area contributed by atoms with Crippen LogP contribution in [0.3, 0.4) is 0 Å². The number of nitrogens with zero attached hydrogens (tertiary/aromatic N) is 1. The number of imide groups is 1. The van der Waals surface area contributed by atoms with Gasteiger partial charge in [0, 0.05) is 23.7 Å². The normalized spacial score (nSPS) is 19.1. The van der Waals surface area contributed by atoms with Crippen molar-refractivity contribution in [3.05, 3.63) is 53.6 Å². The predicted octanol–water partition coefficient (Wildman–Crippen LogP) is 4.48. The molecule has 6 nitrogen and oxygen atoms in total. The van der Waals surface area contributed by atoms with Crippen LogP contribution in [0.25, 0.3) is 11.1 Å². The number of nitrogens with one attached hydrogen (secondary N) is 2. The van der Waals surface area contributed by atoms with Gasteiger partial charge >= 0.3 is 0 Å². The Kier molecular flexibility index (Phi) is 8.54. The average molecular weight is 518 g/mol. The standard InChI is InChI=1S/C28H34F3N3O3/c1-28(2,31)17-34-13-10-18(11-14-34)16-37-19-8-9-20(23(30)15-19)21-5-3-6-22(29)25(21)27(36)33-26(35)24-7-4-12-32-24/h3,5-6,8-9,15,18,24,32H,4,7,10-14,16-17H2,1-2H3,(H,33,35,36)/t24-/m0/s1. The van der Waals surface area contributed by atoms with Gasteiger partial charge in [-0.25, -0.2) is 13.2 Å². The zero-order valence-corrected chi connectivity index (χ0v) is 21.3. The van der Waals surface area contributed by atoms with Gasteiger partial charge in [0.25, 0.3) is 5.91 Å². The number of amides is 2. The summed E-state index contributed by atoms with van der Waals surface area (Å²) in [5.74, 6) is -2.33. The number of hydrogen-bond acceptors (Lipinski definition) is 5. The van der Waals surface area contributed by atoms with E-state index >= 15 is 4.39 Å². The highest BCUT2D eigenvalue weighted by molar-refractivity contribution is 6.09. The van der Waals surface area contributed by atoms with Crippen LogP contribution in [0, 0.1) is 17.6 Å². The van der Waals surface area contributed by atoms with Crippen molar-refractivity contribution in [2.45, 2.75) is 51.2 Å². The van der Waals surface area contributed by atoms with Gasteiger partial charge < -0.3 is 15.0 Å². The number of carbonyl (C=O) groups excluding carboxylic acids is 2. The average Bonchev–Trinajstić information content (AvgIpc) is 3.38. The van der Waals surface area contributed by atoms with Crippen molar-refractivity contribution in [1.29, 1.82) is 0 Å². The van der Waals surface area contributed by atoms with Crippen LogP contribution in [0.1, 0.15) is 49.9 Å². The van der Waals surface area contributed by atoms with Crippen molar-refractivity contribution in [3.63, 3.8) is 0 Å². The summed E-state index contributed by atoms with van der Waals surface area (Å²) in [5, 5.41) is 5.23. The van der Waals surface area contributed by atoms with E-state index in [9.17, 15) is 18.4 Å². The Bertz CT molecular complexity index is 1120. The molecule has 37 heavy (non-hydrogen) atoms. The molecule has 0 bridgehead atoms. The highest BCUT2D eigenvalue weighted by atomic mass is 19.1. The van der Waals surface area contributed by atoms with Crippen LogP contribution in [0.2, 0.25) is 0 Å². The molecule has 1 atom stereocenters. The summed E-state index contributed by atoms with van der Waals surface area (Å²) in [6, 6.07) is 7.68. The van der Waals surface area contributed by atoms with Crippen LogP contribution in [0.15, 0.2) is 36.4 Å². The molecule has 2 amide bonds. The molecule has 2 aliphatic rings. The van der Waals surface area contributed by atoms with Gasteiger partial charge in [0.2, 0.25) is 5.91 Å². The van der Waals surface area contributed by atoms with Gasteiger partial charge in [-0.05, 0) is 83.3 Å². The molecule has 2 aliphatic heterocycles. The summed E-state index contributed by atoms with van der Waals surface area (Å²) < 4.78 is 49.6. The first-order valence-corrected chi connectivity index (χ1v) is 12.8. The maximum atomic E-state index is 15.1. The quantitative estimate of drug-likeness (QED) is 0.506. The maximum Gasteiger partial charge on any atom is 0.261 e. The number of alkyl halides is 1. The molecule has 200 valence electrons. The van der Waals surface area contributed by atoms with Gasteiger partial charge in [0.1, 0.15) is 23.1 Å². The first kappa shape index (κ1) is 27.1. The molecule has 4 rings (SSSR count). The van der Waals surface area contributed by atoms with E-state index in [1.807, 2.05) is 0 Å². The van der Waals surface area contributed by atoms with Crippen LogP contribution in [0.4, 0.5) is 13.2 Å². The molecule has 0 radical (unpaired) electrons. The largest absolute Gasteiger partial charge is 0.493 e. The number of carbonyl (C=O) groups is 2. The van der Waals surface area contributed by atoms with Crippen LogP contribution in [0.5, 0.6) is 5.75 Å². The molecule has 0 unspecified atom stereocenters. The zero-order valence-electron chi connectivity index (χ0n) is 21.3. The van der Waals surface area contributed by atoms with Crippen LogP contribution < -0.4 is 15.4 Å². The van der Waals surface area contributed by atoms with Crippen molar-refractivity contribution in [3.8, 4) is 16.9 Å². The van der Waals surface area contributed by atoms with Gasteiger partial charge in [0.15, 0.2) is 0 Å². The summed E-state index contributed by atoms with van der Waals surface area (Å²) in [7, 11) is 0. The fourth-order valence-corrected chi connectivity index (χ4v) is 5.01. The lowest BCUT2D eigenvalue weighted by Crippen LogP contribution is -2.43. The second-order valence-electron chi connectivity index (χ2n) is 10.5. The highest BCUT2D eigenvalue weighted by Crippen LogP contribution is 2.31. The third kappa shape index (κ3) is 7.11. The SMILES string of the molecule is CC(C)(F)CN1CCC(COc2ccc(-c3cccc(F)c3C(=O)NC(=O)[C@@H]3CCCN3)c(F)c2)CC1. The molecule has 2 fully saturated rings. The molecule has 2 aromatic carbocycles. The Hall–Kier alpha value is -2.91. The Balaban J connectivity index is 1.40. The van der Waals surface area contributed by atoms with Crippen molar-refractivity contribution in [1.82, 2.24) is 15.5 Å². The summed E-state index contributed by atoms with van der Waals surface area (Å²) in [4.78, 5) is 27.3. The van der Waals surface area contributed by atoms with E-state index in [4.69, 9.17) is 4.74 Å². The summed E-state index contributed by atoms with van der Waals surface area (Å²) >= 11 is 0. The van der Waals surface area contributed by atoms with E-state index in [1.54, 1.807) is 19.9 Å². The van der Waals surface area contributed by atoms with E-state index in [0.29, 0.717) is 31.9 Å². The van der Waals surface area contributed by atoms with Crippen molar-refractivity contribution in [2.24, 2.45) is 5.92 Å².